The standard InChI is InChI=1S/C17H21NO/c19-17-11-14-6-1-2-7-15(14)12-18-10-9-13-5-3-4-8-16(13)17/h1-2,6-7,12-13,16H,3-5,8-11H2/b18-12+/t13-,16?/m1/s1. The number of ketones is 1. The van der Waals surface area contributed by atoms with Gasteiger partial charge in [-0.2, -0.15) is 0 Å². The predicted octanol–water partition coefficient (Wildman–Crippen LogP) is 3.43. The lowest BCUT2D eigenvalue weighted by Crippen LogP contribution is -2.29. The first-order valence-electron chi connectivity index (χ1n) is 7.45. The molecule has 0 amide bonds. The summed E-state index contributed by atoms with van der Waals surface area (Å²) in [5.74, 6) is 1.31. The zero-order valence-corrected chi connectivity index (χ0v) is 11.3. The maximum Gasteiger partial charge on any atom is 0.140 e. The van der Waals surface area contributed by atoms with E-state index in [1.165, 1.54) is 19.3 Å². The molecular weight excluding hydrogens is 234 g/mol. The smallest absolute Gasteiger partial charge is 0.140 e. The van der Waals surface area contributed by atoms with Crippen LogP contribution in [0.15, 0.2) is 29.3 Å². The van der Waals surface area contributed by atoms with Gasteiger partial charge in [0.1, 0.15) is 5.78 Å². The Morgan fingerprint density at radius 3 is 2.84 bits per heavy atom. The Labute approximate surface area is 114 Å². The largest absolute Gasteiger partial charge is 0.299 e. The number of rotatable bonds is 0. The van der Waals surface area contributed by atoms with Crippen molar-refractivity contribution >= 4 is 12.0 Å². The summed E-state index contributed by atoms with van der Waals surface area (Å²) in [7, 11) is 0. The van der Waals surface area contributed by atoms with E-state index in [9.17, 15) is 4.79 Å². The minimum Gasteiger partial charge on any atom is -0.299 e. The van der Waals surface area contributed by atoms with Crippen LogP contribution in [0.25, 0.3) is 0 Å². The lowest BCUT2D eigenvalue weighted by atomic mass is 9.74. The van der Waals surface area contributed by atoms with E-state index in [-0.39, 0.29) is 5.92 Å². The van der Waals surface area contributed by atoms with Gasteiger partial charge in [0.2, 0.25) is 0 Å². The third-order valence-electron chi connectivity index (χ3n) is 4.60. The first-order valence-corrected chi connectivity index (χ1v) is 7.45. The maximum absolute atomic E-state index is 12.6. The van der Waals surface area contributed by atoms with E-state index < -0.39 is 0 Å². The van der Waals surface area contributed by atoms with E-state index >= 15 is 0 Å². The molecule has 1 fully saturated rings. The van der Waals surface area contributed by atoms with Gasteiger partial charge >= 0.3 is 0 Å². The molecule has 2 atom stereocenters. The second-order valence-electron chi connectivity index (χ2n) is 5.82. The van der Waals surface area contributed by atoms with Crippen LogP contribution in [-0.2, 0) is 11.2 Å². The predicted molar refractivity (Wildman–Crippen MR) is 77.7 cm³/mol. The number of aliphatic imine (C=N–C) groups is 1. The summed E-state index contributed by atoms with van der Waals surface area (Å²) >= 11 is 0. The fourth-order valence-corrected chi connectivity index (χ4v) is 3.52. The second kappa shape index (κ2) is 5.68. The summed E-state index contributed by atoms with van der Waals surface area (Å²) in [5.41, 5.74) is 2.26. The first kappa shape index (κ1) is 12.6. The summed E-state index contributed by atoms with van der Waals surface area (Å²) in [4.78, 5) is 17.1. The molecule has 2 nitrogen and oxygen atoms in total. The normalized spacial score (nSPS) is 29.2. The van der Waals surface area contributed by atoms with Gasteiger partial charge in [0.25, 0.3) is 0 Å². The van der Waals surface area contributed by atoms with Crippen molar-refractivity contribution < 1.29 is 4.79 Å². The summed E-state index contributed by atoms with van der Waals surface area (Å²) in [6, 6.07) is 8.17. The van der Waals surface area contributed by atoms with Crippen LogP contribution in [0.2, 0.25) is 0 Å². The average Bonchev–Trinajstić information content (AvgIpc) is 2.45. The van der Waals surface area contributed by atoms with Gasteiger partial charge in [-0.15, -0.1) is 0 Å². The molecule has 100 valence electrons. The zero-order chi connectivity index (χ0) is 13.1. The van der Waals surface area contributed by atoms with Gasteiger partial charge in [0, 0.05) is 25.1 Å². The van der Waals surface area contributed by atoms with E-state index in [2.05, 4.69) is 17.1 Å². The molecule has 0 aromatic heterocycles. The van der Waals surface area contributed by atoms with E-state index in [4.69, 9.17) is 0 Å². The number of benzene rings is 1. The van der Waals surface area contributed by atoms with Crippen LogP contribution in [0.4, 0.5) is 0 Å². The second-order valence-corrected chi connectivity index (χ2v) is 5.82. The molecule has 2 heteroatoms. The third kappa shape index (κ3) is 2.78. The minimum atomic E-state index is 0.287. The summed E-state index contributed by atoms with van der Waals surface area (Å²) in [6.07, 6.45) is 8.43. The highest BCUT2D eigenvalue weighted by Crippen LogP contribution is 2.34. The van der Waals surface area contributed by atoms with E-state index in [1.54, 1.807) is 0 Å². The molecule has 1 unspecified atom stereocenters. The number of hydrogen-bond donors (Lipinski definition) is 0. The lowest BCUT2D eigenvalue weighted by molar-refractivity contribution is -0.125. The van der Waals surface area contributed by atoms with Crippen molar-refractivity contribution in [2.24, 2.45) is 16.8 Å². The van der Waals surface area contributed by atoms with Crippen molar-refractivity contribution in [3.05, 3.63) is 35.4 Å². The van der Waals surface area contributed by atoms with Gasteiger partial charge in [-0.25, -0.2) is 0 Å². The van der Waals surface area contributed by atoms with Crippen LogP contribution >= 0.6 is 0 Å². The molecule has 1 aliphatic carbocycles. The van der Waals surface area contributed by atoms with Crippen molar-refractivity contribution in [2.75, 3.05) is 6.54 Å². The van der Waals surface area contributed by atoms with Crippen molar-refractivity contribution in [3.8, 4) is 0 Å². The highest BCUT2D eigenvalue weighted by molar-refractivity contribution is 5.88. The molecule has 1 heterocycles. The van der Waals surface area contributed by atoms with Gasteiger partial charge in [-0.05, 0) is 36.3 Å². The molecule has 0 bridgehead atoms. The van der Waals surface area contributed by atoms with Crippen LogP contribution in [0, 0.1) is 11.8 Å². The van der Waals surface area contributed by atoms with Gasteiger partial charge < -0.3 is 0 Å². The number of Topliss-reactive ketones (excluding diaryl/α,β-unsaturated/α-hetero) is 1. The Kier molecular flexibility index (Phi) is 3.77. The molecule has 3 rings (SSSR count). The summed E-state index contributed by atoms with van der Waals surface area (Å²) in [6.45, 7) is 0.864. The quantitative estimate of drug-likeness (QED) is 0.698. The number of fused-ring (bicyclic) bond motifs is 2. The summed E-state index contributed by atoms with van der Waals surface area (Å²) in [5, 5.41) is 0. The monoisotopic (exact) mass is 255 g/mol. The fraction of sp³-hybridized carbons (Fsp3) is 0.529. The SMILES string of the molecule is O=C1Cc2ccccc2/C=N/CC[C@H]2CCCCC12. The maximum atomic E-state index is 12.6. The van der Waals surface area contributed by atoms with Crippen LogP contribution in [0.5, 0.6) is 0 Å². The molecule has 1 saturated carbocycles. The van der Waals surface area contributed by atoms with E-state index in [0.717, 1.165) is 30.5 Å². The van der Waals surface area contributed by atoms with Gasteiger partial charge in [0.05, 0.1) is 0 Å². The van der Waals surface area contributed by atoms with Crippen molar-refractivity contribution in [2.45, 2.75) is 38.5 Å². The molecule has 0 saturated heterocycles. The van der Waals surface area contributed by atoms with Gasteiger partial charge in [-0.1, -0.05) is 37.1 Å². The van der Waals surface area contributed by atoms with E-state index in [1.807, 2.05) is 18.3 Å². The minimum absolute atomic E-state index is 0.287. The Morgan fingerprint density at radius 2 is 1.89 bits per heavy atom. The zero-order valence-electron chi connectivity index (χ0n) is 11.3. The Morgan fingerprint density at radius 1 is 1.05 bits per heavy atom. The molecule has 1 aliphatic heterocycles. The molecule has 1 aromatic carbocycles. The van der Waals surface area contributed by atoms with Crippen LogP contribution in [0.3, 0.4) is 0 Å². The molecule has 0 N–H and O–H groups in total. The van der Waals surface area contributed by atoms with E-state index in [0.29, 0.717) is 18.1 Å². The van der Waals surface area contributed by atoms with Gasteiger partial charge in [0.15, 0.2) is 0 Å². The third-order valence-corrected chi connectivity index (χ3v) is 4.60. The highest BCUT2D eigenvalue weighted by atomic mass is 16.1. The van der Waals surface area contributed by atoms with Crippen LogP contribution in [0.1, 0.15) is 43.2 Å². The molecule has 0 spiro atoms. The van der Waals surface area contributed by atoms with Crippen LogP contribution in [-0.4, -0.2) is 18.5 Å². The molecule has 0 radical (unpaired) electrons. The Bertz CT molecular complexity index is 492. The molecule has 19 heavy (non-hydrogen) atoms. The van der Waals surface area contributed by atoms with Crippen LogP contribution < -0.4 is 0 Å². The molecule has 2 aliphatic rings. The first-order chi connectivity index (χ1) is 9.34. The number of nitrogens with zero attached hydrogens (tertiary/aromatic N) is 1. The van der Waals surface area contributed by atoms with Crippen molar-refractivity contribution in [1.29, 1.82) is 0 Å². The van der Waals surface area contributed by atoms with Gasteiger partial charge in [-0.3, -0.25) is 9.79 Å². The number of hydrogen-bond acceptors (Lipinski definition) is 2. The number of carbonyl (C=O) groups excluding carboxylic acids is 1. The number of carbonyl (C=O) groups is 1. The highest BCUT2D eigenvalue weighted by Gasteiger charge is 2.30. The lowest BCUT2D eigenvalue weighted by Gasteiger charge is -2.30. The fourth-order valence-electron chi connectivity index (χ4n) is 3.52. The van der Waals surface area contributed by atoms with Crippen molar-refractivity contribution in [3.63, 3.8) is 0 Å². The van der Waals surface area contributed by atoms with Crippen molar-refractivity contribution in [1.82, 2.24) is 0 Å². The topological polar surface area (TPSA) is 29.4 Å². The summed E-state index contributed by atoms with van der Waals surface area (Å²) < 4.78 is 0. The average molecular weight is 255 g/mol. The Balaban J connectivity index is 1.90. The molecular formula is C17H21NO. The Hall–Kier alpha value is -1.44. The molecule has 1 aromatic rings.